The minimum absolute atomic E-state index is 0.0832. The van der Waals surface area contributed by atoms with Crippen molar-refractivity contribution in [1.29, 1.82) is 0 Å². The lowest BCUT2D eigenvalue weighted by atomic mass is 10.1. The molecule has 1 aromatic rings. The molecule has 1 amide bonds. The minimum atomic E-state index is -4.01. The molecule has 1 fully saturated rings. The summed E-state index contributed by atoms with van der Waals surface area (Å²) in [5.74, 6) is -1.47. The molecule has 0 radical (unpaired) electrons. The third-order valence-corrected chi connectivity index (χ3v) is 4.38. The van der Waals surface area contributed by atoms with Crippen LogP contribution in [0.4, 0.5) is 4.39 Å². The Hall–Kier alpha value is -1.51. The quantitative estimate of drug-likeness (QED) is 0.854. The summed E-state index contributed by atoms with van der Waals surface area (Å²) < 4.78 is 42.0. The highest BCUT2D eigenvalue weighted by Gasteiger charge is 2.21. The summed E-state index contributed by atoms with van der Waals surface area (Å²) in [7, 11) is -4.01. The van der Waals surface area contributed by atoms with Gasteiger partial charge in [-0.2, -0.15) is 0 Å². The van der Waals surface area contributed by atoms with Crippen molar-refractivity contribution in [2.45, 2.75) is 30.8 Å². The second kappa shape index (κ2) is 6.08. The normalized spacial score (nSPS) is 18.7. The van der Waals surface area contributed by atoms with Gasteiger partial charge < -0.3 is 10.1 Å². The first kappa shape index (κ1) is 15.9. The van der Waals surface area contributed by atoms with Gasteiger partial charge in [0.15, 0.2) is 0 Å². The lowest BCUT2D eigenvalue weighted by Crippen LogP contribution is -2.32. The van der Waals surface area contributed by atoms with E-state index in [1.807, 2.05) is 0 Å². The van der Waals surface area contributed by atoms with E-state index in [4.69, 9.17) is 9.88 Å². The van der Waals surface area contributed by atoms with Gasteiger partial charge in [0.25, 0.3) is 5.91 Å². The number of rotatable bonds is 4. The van der Waals surface area contributed by atoms with Crippen molar-refractivity contribution in [2.24, 2.45) is 5.14 Å². The average molecular weight is 316 g/mol. The van der Waals surface area contributed by atoms with E-state index in [-0.39, 0.29) is 28.7 Å². The van der Waals surface area contributed by atoms with E-state index in [1.54, 1.807) is 0 Å². The van der Waals surface area contributed by atoms with Crippen LogP contribution in [0.1, 0.15) is 28.8 Å². The van der Waals surface area contributed by atoms with Crippen LogP contribution < -0.4 is 10.5 Å². The van der Waals surface area contributed by atoms with Gasteiger partial charge in [0.1, 0.15) is 5.82 Å². The molecule has 1 unspecified atom stereocenters. The Morgan fingerprint density at radius 2 is 2.24 bits per heavy atom. The van der Waals surface area contributed by atoms with E-state index < -0.39 is 21.7 Å². The summed E-state index contributed by atoms with van der Waals surface area (Å²) in [4.78, 5) is 11.7. The third kappa shape index (κ3) is 3.78. The van der Waals surface area contributed by atoms with Gasteiger partial charge in [0, 0.05) is 13.2 Å². The van der Waals surface area contributed by atoms with Gasteiger partial charge in [0.2, 0.25) is 10.0 Å². The number of ether oxygens (including phenoxy) is 1. The largest absolute Gasteiger partial charge is 0.376 e. The van der Waals surface area contributed by atoms with Crippen molar-refractivity contribution >= 4 is 15.9 Å². The van der Waals surface area contributed by atoms with E-state index >= 15 is 0 Å². The van der Waals surface area contributed by atoms with Crippen LogP contribution in [0.15, 0.2) is 17.0 Å². The van der Waals surface area contributed by atoms with Crippen LogP contribution in [-0.4, -0.2) is 33.6 Å². The van der Waals surface area contributed by atoms with E-state index in [1.165, 1.54) is 6.92 Å². The number of halogens is 1. The molecule has 3 N–H and O–H groups in total. The molecule has 0 bridgehead atoms. The molecule has 0 aliphatic carbocycles. The first-order chi connectivity index (χ1) is 9.79. The molecule has 6 nitrogen and oxygen atoms in total. The maximum Gasteiger partial charge on any atom is 0.254 e. The molecule has 8 heteroatoms. The average Bonchev–Trinajstić information content (AvgIpc) is 2.87. The first-order valence-corrected chi connectivity index (χ1v) is 8.06. The Kier molecular flexibility index (Phi) is 4.60. The highest BCUT2D eigenvalue weighted by atomic mass is 32.2. The van der Waals surface area contributed by atoms with E-state index in [0.29, 0.717) is 6.61 Å². The third-order valence-electron chi connectivity index (χ3n) is 3.33. The second-order valence-corrected chi connectivity index (χ2v) is 6.52. The Bertz CT molecular complexity index is 654. The molecular formula is C13H17FN2O4S. The number of sulfonamides is 1. The summed E-state index contributed by atoms with van der Waals surface area (Å²) in [6.45, 7) is 2.32. The van der Waals surface area contributed by atoms with Crippen molar-refractivity contribution in [2.75, 3.05) is 13.2 Å². The van der Waals surface area contributed by atoms with Crippen LogP contribution >= 0.6 is 0 Å². The van der Waals surface area contributed by atoms with Gasteiger partial charge in [0.05, 0.1) is 16.6 Å². The van der Waals surface area contributed by atoms with E-state index in [9.17, 15) is 17.6 Å². The van der Waals surface area contributed by atoms with Crippen LogP contribution in [0.3, 0.4) is 0 Å². The molecular weight excluding hydrogens is 299 g/mol. The zero-order valence-electron chi connectivity index (χ0n) is 11.6. The number of nitrogens with one attached hydrogen (secondary N) is 1. The summed E-state index contributed by atoms with van der Waals surface area (Å²) in [5, 5.41) is 7.59. The number of benzene rings is 1. The number of aryl methyl sites for hydroxylation is 1. The van der Waals surface area contributed by atoms with Crippen LogP contribution in [0.5, 0.6) is 0 Å². The Labute approximate surface area is 122 Å². The molecule has 1 aliphatic rings. The van der Waals surface area contributed by atoms with E-state index in [2.05, 4.69) is 5.32 Å². The van der Waals surface area contributed by atoms with Crippen molar-refractivity contribution < 1.29 is 22.3 Å². The lowest BCUT2D eigenvalue weighted by molar-refractivity contribution is 0.0854. The molecule has 0 saturated carbocycles. The fraction of sp³-hybridized carbons (Fsp3) is 0.462. The Morgan fingerprint density at radius 3 is 2.81 bits per heavy atom. The van der Waals surface area contributed by atoms with Gasteiger partial charge in [-0.05, 0) is 37.5 Å². The molecule has 1 heterocycles. The molecule has 0 aromatic heterocycles. The predicted molar refractivity (Wildman–Crippen MR) is 73.8 cm³/mol. The number of carbonyl (C=O) groups is 1. The number of hydrogen-bond donors (Lipinski definition) is 2. The van der Waals surface area contributed by atoms with Crippen molar-refractivity contribution in [3.63, 3.8) is 0 Å². The number of nitrogens with two attached hydrogens (primary N) is 1. The number of carbonyl (C=O) groups excluding carboxylic acids is 1. The molecule has 1 aromatic carbocycles. The van der Waals surface area contributed by atoms with Gasteiger partial charge in [-0.15, -0.1) is 0 Å². The summed E-state index contributed by atoms with van der Waals surface area (Å²) in [6.07, 6.45) is 1.67. The van der Waals surface area contributed by atoms with Crippen molar-refractivity contribution in [3.8, 4) is 0 Å². The lowest BCUT2D eigenvalue weighted by Gasteiger charge is -2.12. The summed E-state index contributed by atoms with van der Waals surface area (Å²) >= 11 is 0. The highest BCUT2D eigenvalue weighted by Crippen LogP contribution is 2.19. The zero-order valence-corrected chi connectivity index (χ0v) is 12.4. The maximum atomic E-state index is 13.8. The fourth-order valence-electron chi connectivity index (χ4n) is 2.24. The highest BCUT2D eigenvalue weighted by molar-refractivity contribution is 7.89. The first-order valence-electron chi connectivity index (χ1n) is 6.52. The number of hydrogen-bond acceptors (Lipinski definition) is 4. The SMILES string of the molecule is Cc1cc(F)c(C(=O)NCC2CCCO2)cc1S(N)(=O)=O. The molecule has 1 aliphatic heterocycles. The van der Waals surface area contributed by atoms with Gasteiger partial charge in [-0.1, -0.05) is 0 Å². The topological polar surface area (TPSA) is 98.5 Å². The van der Waals surface area contributed by atoms with Crippen molar-refractivity contribution in [1.82, 2.24) is 5.32 Å². The maximum absolute atomic E-state index is 13.8. The van der Waals surface area contributed by atoms with Crippen LogP contribution in [0, 0.1) is 12.7 Å². The van der Waals surface area contributed by atoms with Gasteiger partial charge >= 0.3 is 0 Å². The van der Waals surface area contributed by atoms with Gasteiger partial charge in [-0.25, -0.2) is 17.9 Å². The predicted octanol–water partition coefficient (Wildman–Crippen LogP) is 0.690. The molecule has 21 heavy (non-hydrogen) atoms. The van der Waals surface area contributed by atoms with Crippen LogP contribution in [0.25, 0.3) is 0 Å². The second-order valence-electron chi connectivity index (χ2n) is 4.99. The van der Waals surface area contributed by atoms with Crippen LogP contribution in [-0.2, 0) is 14.8 Å². The zero-order chi connectivity index (χ0) is 15.6. The molecule has 2 rings (SSSR count). The van der Waals surface area contributed by atoms with Crippen LogP contribution in [0.2, 0.25) is 0 Å². The Balaban J connectivity index is 2.20. The molecule has 1 atom stereocenters. The smallest absolute Gasteiger partial charge is 0.254 e. The molecule has 116 valence electrons. The van der Waals surface area contributed by atoms with Gasteiger partial charge in [-0.3, -0.25) is 4.79 Å². The molecule has 1 saturated heterocycles. The molecule has 0 spiro atoms. The van der Waals surface area contributed by atoms with E-state index in [0.717, 1.165) is 25.0 Å². The number of primary sulfonamides is 1. The summed E-state index contributed by atoms with van der Waals surface area (Å²) in [5.41, 5.74) is -0.187. The Morgan fingerprint density at radius 1 is 1.52 bits per heavy atom. The standard InChI is InChI=1S/C13H17FN2O4S/c1-8-5-11(14)10(6-12(8)21(15,18)19)13(17)16-7-9-3-2-4-20-9/h5-6,9H,2-4,7H2,1H3,(H,16,17)(H2,15,18,19). The summed E-state index contributed by atoms with van der Waals surface area (Å²) in [6, 6.07) is 1.95. The minimum Gasteiger partial charge on any atom is -0.376 e. The fourth-order valence-corrected chi connectivity index (χ4v) is 3.03. The number of amides is 1. The van der Waals surface area contributed by atoms with Crippen molar-refractivity contribution in [3.05, 3.63) is 29.1 Å². The monoisotopic (exact) mass is 316 g/mol.